The number of carbonyl (C=O) groups excluding carboxylic acids is 1. The first-order chi connectivity index (χ1) is 23.4. The van der Waals surface area contributed by atoms with E-state index in [2.05, 4.69) is 45.4 Å². The van der Waals surface area contributed by atoms with Crippen molar-refractivity contribution in [3.63, 3.8) is 0 Å². The fourth-order valence-electron chi connectivity index (χ4n) is 6.44. The molecule has 50 heavy (non-hydrogen) atoms. The summed E-state index contributed by atoms with van der Waals surface area (Å²) < 4.78 is 44.1. The number of rotatable bonds is 11. The Morgan fingerprint density at radius 1 is 1.10 bits per heavy atom. The van der Waals surface area contributed by atoms with Crippen LogP contribution in [-0.2, 0) is 16.6 Å². The van der Waals surface area contributed by atoms with Crippen LogP contribution in [0.5, 0.6) is 0 Å². The van der Waals surface area contributed by atoms with Gasteiger partial charge in [0, 0.05) is 36.2 Å². The van der Waals surface area contributed by atoms with Crippen molar-refractivity contribution in [3.05, 3.63) is 93.8 Å². The predicted molar refractivity (Wildman–Crippen MR) is 193 cm³/mol. The fraction of sp³-hybridized carbons (Fsp3) is 0.432. The highest BCUT2D eigenvalue weighted by atomic mass is 32.2. The number of aryl methyl sites for hydroxylation is 2. The van der Waals surface area contributed by atoms with Crippen molar-refractivity contribution in [2.24, 2.45) is 5.41 Å². The molecule has 1 aliphatic heterocycles. The van der Waals surface area contributed by atoms with E-state index in [1.807, 2.05) is 43.9 Å². The second-order valence-corrected chi connectivity index (χ2v) is 16.3. The second-order valence-electron chi connectivity index (χ2n) is 14.6. The first-order valence-corrected chi connectivity index (χ1v) is 18.3. The van der Waals surface area contributed by atoms with Crippen LogP contribution in [0.25, 0.3) is 11.3 Å². The van der Waals surface area contributed by atoms with Crippen molar-refractivity contribution in [1.82, 2.24) is 24.8 Å². The minimum absolute atomic E-state index is 0.0972. The van der Waals surface area contributed by atoms with E-state index in [1.165, 1.54) is 24.3 Å². The third-order valence-corrected chi connectivity index (χ3v) is 10.3. The van der Waals surface area contributed by atoms with Gasteiger partial charge in [0.25, 0.3) is 21.5 Å². The van der Waals surface area contributed by atoms with E-state index in [0.717, 1.165) is 22.4 Å². The van der Waals surface area contributed by atoms with Crippen LogP contribution in [-0.4, -0.2) is 64.0 Å². The van der Waals surface area contributed by atoms with E-state index >= 15 is 0 Å². The standard InChI is InChI=1S/C37H46FN7O4S/c1-8-27(19-36(4,5)6)45(22-31-39-20-28(21-40-31)44-16-15-37(7,38)23-44)34(47)26-13-10-14-29(17-26)50(48,49)43-35-41-30(18-32(46)42-35)33-24(2)11-9-12-25(33)3/h9-14,17-18,20-21,27H,8,15-16,19,22-23H2,1-7H3,(H2,41,42,43,46)/t27-,37+/m0/s1. The number of benzene rings is 2. The van der Waals surface area contributed by atoms with Crippen molar-refractivity contribution < 1.29 is 17.6 Å². The van der Waals surface area contributed by atoms with Gasteiger partial charge in [0.05, 0.1) is 41.8 Å². The van der Waals surface area contributed by atoms with Crippen molar-refractivity contribution in [3.8, 4) is 11.3 Å². The summed E-state index contributed by atoms with van der Waals surface area (Å²) in [5.74, 6) is -0.196. The molecule has 0 unspecified atom stereocenters. The lowest BCUT2D eigenvalue weighted by Crippen LogP contribution is -2.42. The summed E-state index contributed by atoms with van der Waals surface area (Å²) in [6.45, 7) is 14.6. The zero-order valence-corrected chi connectivity index (χ0v) is 30.6. The molecule has 1 fully saturated rings. The van der Waals surface area contributed by atoms with Gasteiger partial charge in [-0.05, 0) is 68.4 Å². The van der Waals surface area contributed by atoms with Crippen LogP contribution < -0.4 is 15.2 Å². The number of halogens is 1. The van der Waals surface area contributed by atoms with Crippen LogP contribution in [0.4, 0.5) is 16.0 Å². The maximum Gasteiger partial charge on any atom is 0.264 e. The summed E-state index contributed by atoms with van der Waals surface area (Å²) in [6, 6.07) is 12.6. The number of alkyl halides is 1. The van der Waals surface area contributed by atoms with Crippen LogP contribution in [0.3, 0.4) is 0 Å². The number of sulfonamides is 1. The molecular weight excluding hydrogens is 658 g/mol. The lowest BCUT2D eigenvalue weighted by atomic mass is 9.86. The van der Waals surface area contributed by atoms with Gasteiger partial charge >= 0.3 is 0 Å². The molecule has 5 rings (SSSR count). The largest absolute Gasteiger partial charge is 0.366 e. The van der Waals surface area contributed by atoms with E-state index < -0.39 is 21.3 Å². The fourth-order valence-corrected chi connectivity index (χ4v) is 7.45. The molecule has 3 heterocycles. The number of amides is 1. The van der Waals surface area contributed by atoms with E-state index in [9.17, 15) is 22.4 Å². The Bertz CT molecular complexity index is 2000. The molecule has 2 aromatic carbocycles. The van der Waals surface area contributed by atoms with Gasteiger partial charge in [0.15, 0.2) is 0 Å². The molecule has 0 saturated carbocycles. The normalized spacial score (nSPS) is 17.1. The number of hydrogen-bond acceptors (Lipinski definition) is 8. The minimum atomic E-state index is -4.28. The molecule has 0 spiro atoms. The lowest BCUT2D eigenvalue weighted by molar-refractivity contribution is 0.0595. The van der Waals surface area contributed by atoms with Gasteiger partial charge in [-0.1, -0.05) is 52.0 Å². The Labute approximate surface area is 293 Å². The first-order valence-electron chi connectivity index (χ1n) is 16.8. The van der Waals surface area contributed by atoms with Gasteiger partial charge in [-0.3, -0.25) is 14.6 Å². The molecule has 0 bridgehead atoms. The molecule has 2 atom stereocenters. The third-order valence-electron chi connectivity index (χ3n) is 8.91. The Morgan fingerprint density at radius 3 is 2.36 bits per heavy atom. The smallest absolute Gasteiger partial charge is 0.264 e. The van der Waals surface area contributed by atoms with E-state index in [1.54, 1.807) is 30.3 Å². The molecule has 2 N–H and O–H groups in total. The Hall–Kier alpha value is -4.65. The number of nitrogens with zero attached hydrogens (tertiary/aromatic N) is 5. The van der Waals surface area contributed by atoms with Crippen LogP contribution in [0.2, 0.25) is 0 Å². The zero-order valence-electron chi connectivity index (χ0n) is 29.7. The molecule has 1 amide bonds. The van der Waals surface area contributed by atoms with Crippen LogP contribution >= 0.6 is 0 Å². The Balaban J connectivity index is 1.42. The number of H-pyrrole nitrogens is 1. The van der Waals surface area contributed by atoms with Crippen molar-refractivity contribution in [2.45, 2.75) is 90.9 Å². The second kappa shape index (κ2) is 14.3. The molecule has 2 aromatic heterocycles. The minimum Gasteiger partial charge on any atom is -0.366 e. The number of aromatic nitrogens is 4. The lowest BCUT2D eigenvalue weighted by Gasteiger charge is -2.35. The SMILES string of the molecule is CC[C@@H](CC(C)(C)C)N(Cc1ncc(N2CC[C@@](C)(F)C2)cn1)C(=O)c1cccc(S(=O)(=O)Nc2nc(-c3c(C)cccc3C)cc(=O)[nH]2)c1. The molecule has 0 aliphatic carbocycles. The quantitative estimate of drug-likeness (QED) is 0.182. The zero-order chi connectivity index (χ0) is 36.4. The van der Waals surface area contributed by atoms with E-state index in [0.29, 0.717) is 37.3 Å². The number of nitrogens with one attached hydrogen (secondary N) is 2. The number of aromatic amines is 1. The van der Waals surface area contributed by atoms with Crippen molar-refractivity contribution in [2.75, 3.05) is 22.7 Å². The van der Waals surface area contributed by atoms with Gasteiger partial charge in [-0.2, -0.15) is 0 Å². The summed E-state index contributed by atoms with van der Waals surface area (Å²) in [5.41, 5.74) is 1.85. The first kappa shape index (κ1) is 36.6. The van der Waals surface area contributed by atoms with Gasteiger partial charge in [0.2, 0.25) is 5.95 Å². The molecule has 11 nitrogen and oxygen atoms in total. The van der Waals surface area contributed by atoms with Gasteiger partial charge in [-0.25, -0.2) is 32.5 Å². The van der Waals surface area contributed by atoms with Crippen molar-refractivity contribution in [1.29, 1.82) is 0 Å². The average Bonchev–Trinajstić information content (AvgIpc) is 3.41. The summed E-state index contributed by atoms with van der Waals surface area (Å²) in [7, 11) is -4.28. The molecule has 1 aliphatic rings. The molecule has 13 heteroatoms. The molecule has 4 aromatic rings. The Morgan fingerprint density at radius 2 is 1.76 bits per heavy atom. The van der Waals surface area contributed by atoms with Crippen LogP contribution in [0.15, 0.2) is 70.6 Å². The van der Waals surface area contributed by atoms with Gasteiger partial charge < -0.3 is 9.80 Å². The highest BCUT2D eigenvalue weighted by molar-refractivity contribution is 7.92. The van der Waals surface area contributed by atoms with Crippen molar-refractivity contribution >= 4 is 27.6 Å². The topological polar surface area (TPSA) is 141 Å². The number of anilines is 2. The monoisotopic (exact) mass is 703 g/mol. The molecule has 266 valence electrons. The summed E-state index contributed by atoms with van der Waals surface area (Å²) >= 11 is 0. The number of carbonyl (C=O) groups is 1. The Kier molecular flexibility index (Phi) is 10.5. The van der Waals surface area contributed by atoms with Crippen LogP contribution in [0.1, 0.15) is 81.2 Å². The highest BCUT2D eigenvalue weighted by Gasteiger charge is 2.34. The number of hydrogen-bond donors (Lipinski definition) is 2. The van der Waals surface area contributed by atoms with E-state index in [-0.39, 0.29) is 46.9 Å². The highest BCUT2D eigenvalue weighted by Crippen LogP contribution is 2.30. The van der Waals surface area contributed by atoms with Crippen LogP contribution in [0, 0.1) is 19.3 Å². The molecule has 1 saturated heterocycles. The molecular formula is C37H46FN7O4S. The summed E-state index contributed by atoms with van der Waals surface area (Å²) in [5, 5.41) is 0. The maximum absolute atomic E-state index is 14.5. The third kappa shape index (κ3) is 8.73. The van der Waals surface area contributed by atoms with Gasteiger partial charge in [0.1, 0.15) is 11.5 Å². The van der Waals surface area contributed by atoms with Gasteiger partial charge in [-0.15, -0.1) is 0 Å². The average molecular weight is 704 g/mol. The summed E-state index contributed by atoms with van der Waals surface area (Å²) in [4.78, 5) is 46.3. The predicted octanol–water partition coefficient (Wildman–Crippen LogP) is 6.44. The maximum atomic E-state index is 14.5. The molecule has 0 radical (unpaired) electrons. The van der Waals surface area contributed by atoms with E-state index in [4.69, 9.17) is 0 Å². The summed E-state index contributed by atoms with van der Waals surface area (Å²) in [6.07, 6.45) is 5.08.